The van der Waals surface area contributed by atoms with Gasteiger partial charge in [0.05, 0.1) is 16.1 Å². The van der Waals surface area contributed by atoms with Gasteiger partial charge in [0.25, 0.3) is 5.91 Å². The van der Waals surface area contributed by atoms with E-state index in [1.165, 1.54) is 22.6 Å². The number of nitrogens with zero attached hydrogens (tertiary/aromatic N) is 5. The normalized spacial score (nSPS) is 18.3. The van der Waals surface area contributed by atoms with Crippen LogP contribution < -0.4 is 10.2 Å². The molecular formula is C20H25ClN6O3S. The van der Waals surface area contributed by atoms with Gasteiger partial charge in [-0.1, -0.05) is 11.6 Å². The second kappa shape index (κ2) is 9.07. The van der Waals surface area contributed by atoms with Gasteiger partial charge in [0.15, 0.2) is 5.69 Å². The standard InChI is InChI=1S/C20H25ClN6O3S/c1-25-10-12-27(13-11-25)31(29,30)16-6-4-15(5-7-16)23-19(28)18-17(21)14-22-20(24-18)26-8-2-3-9-26/h4-7,14H,2-3,8-13H2,1H3,(H,23,28). The molecule has 11 heteroatoms. The van der Waals surface area contributed by atoms with E-state index in [-0.39, 0.29) is 15.6 Å². The average molecular weight is 465 g/mol. The van der Waals surface area contributed by atoms with E-state index in [0.717, 1.165) is 25.9 Å². The van der Waals surface area contributed by atoms with Crippen LogP contribution in [0.25, 0.3) is 0 Å². The highest BCUT2D eigenvalue weighted by molar-refractivity contribution is 7.89. The summed E-state index contributed by atoms with van der Waals surface area (Å²) in [5.41, 5.74) is 0.549. The second-order valence-corrected chi connectivity index (χ2v) is 10.1. The number of piperazine rings is 1. The van der Waals surface area contributed by atoms with Crippen molar-refractivity contribution in [2.75, 3.05) is 56.5 Å². The van der Waals surface area contributed by atoms with Crippen molar-refractivity contribution in [3.63, 3.8) is 0 Å². The number of aromatic nitrogens is 2. The van der Waals surface area contributed by atoms with Gasteiger partial charge in [-0.15, -0.1) is 0 Å². The summed E-state index contributed by atoms with van der Waals surface area (Å²) in [6, 6.07) is 6.13. The Labute approximate surface area is 187 Å². The molecule has 1 N–H and O–H groups in total. The van der Waals surface area contributed by atoms with Crippen LogP contribution in [-0.2, 0) is 10.0 Å². The number of rotatable bonds is 5. The van der Waals surface area contributed by atoms with Gasteiger partial charge < -0.3 is 15.1 Å². The summed E-state index contributed by atoms with van der Waals surface area (Å²) >= 11 is 6.15. The fraction of sp³-hybridized carbons (Fsp3) is 0.450. The smallest absolute Gasteiger partial charge is 0.276 e. The molecule has 2 aliphatic heterocycles. The van der Waals surface area contributed by atoms with Gasteiger partial charge in [-0.2, -0.15) is 4.31 Å². The highest BCUT2D eigenvalue weighted by Crippen LogP contribution is 2.23. The van der Waals surface area contributed by atoms with Crippen molar-refractivity contribution in [3.05, 3.63) is 41.2 Å². The molecule has 0 spiro atoms. The fourth-order valence-electron chi connectivity index (χ4n) is 3.66. The summed E-state index contributed by atoms with van der Waals surface area (Å²) < 4.78 is 27.2. The van der Waals surface area contributed by atoms with E-state index in [1.807, 2.05) is 11.9 Å². The summed E-state index contributed by atoms with van der Waals surface area (Å²) in [4.78, 5) is 25.6. The molecule has 2 fully saturated rings. The van der Waals surface area contributed by atoms with Gasteiger partial charge in [0.1, 0.15) is 0 Å². The predicted molar refractivity (Wildman–Crippen MR) is 119 cm³/mol. The van der Waals surface area contributed by atoms with Crippen LogP contribution in [0.3, 0.4) is 0 Å². The maximum atomic E-state index is 12.8. The average Bonchev–Trinajstić information content (AvgIpc) is 3.30. The molecule has 1 amide bonds. The molecule has 0 aliphatic carbocycles. The van der Waals surface area contributed by atoms with Gasteiger partial charge in [0, 0.05) is 45.0 Å². The number of benzene rings is 1. The molecule has 3 heterocycles. The summed E-state index contributed by atoms with van der Waals surface area (Å²) in [6.07, 6.45) is 3.57. The number of sulfonamides is 1. The van der Waals surface area contributed by atoms with Crippen molar-refractivity contribution in [1.29, 1.82) is 0 Å². The molecule has 0 atom stereocenters. The van der Waals surface area contributed by atoms with E-state index in [0.29, 0.717) is 37.8 Å². The molecule has 0 radical (unpaired) electrons. The molecule has 2 aromatic rings. The third-order valence-corrected chi connectivity index (χ3v) is 7.74. The SMILES string of the molecule is CN1CCN(S(=O)(=O)c2ccc(NC(=O)c3nc(N4CCCC4)ncc3Cl)cc2)CC1. The molecule has 166 valence electrons. The van der Waals surface area contributed by atoms with Gasteiger partial charge in [-0.3, -0.25) is 4.79 Å². The van der Waals surface area contributed by atoms with Crippen molar-refractivity contribution < 1.29 is 13.2 Å². The van der Waals surface area contributed by atoms with E-state index in [9.17, 15) is 13.2 Å². The second-order valence-electron chi connectivity index (χ2n) is 7.75. The minimum atomic E-state index is -3.56. The van der Waals surface area contributed by atoms with Crippen molar-refractivity contribution in [2.24, 2.45) is 0 Å². The van der Waals surface area contributed by atoms with Crippen molar-refractivity contribution in [2.45, 2.75) is 17.7 Å². The van der Waals surface area contributed by atoms with Crippen LogP contribution in [0.2, 0.25) is 5.02 Å². The van der Waals surface area contributed by atoms with E-state index >= 15 is 0 Å². The van der Waals surface area contributed by atoms with Crippen LogP contribution >= 0.6 is 11.6 Å². The highest BCUT2D eigenvalue weighted by Gasteiger charge is 2.27. The van der Waals surface area contributed by atoms with E-state index in [4.69, 9.17) is 11.6 Å². The number of halogens is 1. The number of hydrogen-bond acceptors (Lipinski definition) is 7. The maximum absolute atomic E-state index is 12.8. The largest absolute Gasteiger partial charge is 0.341 e. The quantitative estimate of drug-likeness (QED) is 0.721. The summed E-state index contributed by atoms with van der Waals surface area (Å²) in [7, 11) is -1.59. The van der Waals surface area contributed by atoms with Crippen LogP contribution in [0.4, 0.5) is 11.6 Å². The van der Waals surface area contributed by atoms with E-state index in [2.05, 4.69) is 20.2 Å². The highest BCUT2D eigenvalue weighted by atomic mass is 35.5. The Morgan fingerprint density at radius 2 is 1.68 bits per heavy atom. The van der Waals surface area contributed by atoms with E-state index in [1.54, 1.807) is 12.1 Å². The lowest BCUT2D eigenvalue weighted by Gasteiger charge is -2.31. The number of carbonyl (C=O) groups excluding carboxylic acids is 1. The van der Waals surface area contributed by atoms with Crippen molar-refractivity contribution in [1.82, 2.24) is 19.2 Å². The summed E-state index contributed by atoms with van der Waals surface area (Å²) in [5, 5.41) is 2.90. The molecule has 0 saturated carbocycles. The molecular weight excluding hydrogens is 440 g/mol. The van der Waals surface area contributed by atoms with Crippen molar-refractivity contribution >= 4 is 39.2 Å². The Bertz CT molecular complexity index is 1050. The first kappa shape index (κ1) is 21.9. The number of hydrogen-bond donors (Lipinski definition) is 1. The zero-order valence-corrected chi connectivity index (χ0v) is 18.9. The lowest BCUT2D eigenvalue weighted by molar-refractivity contribution is 0.102. The van der Waals surface area contributed by atoms with Crippen LogP contribution in [0.1, 0.15) is 23.3 Å². The van der Waals surface area contributed by atoms with E-state index < -0.39 is 15.9 Å². The molecule has 1 aromatic carbocycles. The van der Waals surface area contributed by atoms with Gasteiger partial charge in [-0.25, -0.2) is 18.4 Å². The zero-order chi connectivity index (χ0) is 22.0. The Kier molecular flexibility index (Phi) is 6.42. The first-order valence-electron chi connectivity index (χ1n) is 10.2. The maximum Gasteiger partial charge on any atom is 0.276 e. The Hall–Kier alpha value is -2.27. The van der Waals surface area contributed by atoms with Crippen LogP contribution in [0, 0.1) is 0 Å². The fourth-order valence-corrected chi connectivity index (χ4v) is 5.26. The molecule has 9 nitrogen and oxygen atoms in total. The Morgan fingerprint density at radius 3 is 2.32 bits per heavy atom. The van der Waals surface area contributed by atoms with Gasteiger partial charge in [0.2, 0.25) is 16.0 Å². The lowest BCUT2D eigenvalue weighted by Crippen LogP contribution is -2.46. The first-order chi connectivity index (χ1) is 14.8. The summed E-state index contributed by atoms with van der Waals surface area (Å²) in [5.74, 6) is 0.0168. The Balaban J connectivity index is 1.47. The zero-order valence-electron chi connectivity index (χ0n) is 17.3. The third kappa shape index (κ3) is 4.82. The molecule has 4 rings (SSSR count). The Morgan fingerprint density at radius 1 is 1.03 bits per heavy atom. The lowest BCUT2D eigenvalue weighted by atomic mass is 10.3. The first-order valence-corrected chi connectivity index (χ1v) is 12.0. The number of likely N-dealkylation sites (N-methyl/N-ethyl adjacent to an activating group) is 1. The molecule has 31 heavy (non-hydrogen) atoms. The van der Waals surface area contributed by atoms with Crippen LogP contribution in [0.5, 0.6) is 0 Å². The third-order valence-electron chi connectivity index (χ3n) is 5.55. The van der Waals surface area contributed by atoms with Gasteiger partial charge in [-0.05, 0) is 44.2 Å². The van der Waals surface area contributed by atoms with Crippen LogP contribution in [-0.4, -0.2) is 79.8 Å². The number of anilines is 2. The van der Waals surface area contributed by atoms with Gasteiger partial charge >= 0.3 is 0 Å². The number of nitrogens with one attached hydrogen (secondary N) is 1. The number of amides is 1. The van der Waals surface area contributed by atoms with Crippen molar-refractivity contribution in [3.8, 4) is 0 Å². The summed E-state index contributed by atoms with van der Waals surface area (Å²) in [6.45, 7) is 4.03. The molecule has 0 unspecified atom stereocenters. The predicted octanol–water partition coefficient (Wildman–Crippen LogP) is 1.92. The topological polar surface area (TPSA) is 98.7 Å². The minimum absolute atomic E-state index is 0.0905. The molecule has 2 saturated heterocycles. The molecule has 2 aliphatic rings. The number of carbonyl (C=O) groups is 1. The molecule has 1 aromatic heterocycles. The molecule has 0 bridgehead atoms. The minimum Gasteiger partial charge on any atom is -0.341 e. The monoisotopic (exact) mass is 464 g/mol. The van der Waals surface area contributed by atoms with Crippen LogP contribution in [0.15, 0.2) is 35.4 Å².